The van der Waals surface area contributed by atoms with Gasteiger partial charge in [-0.3, -0.25) is 9.58 Å². The number of halogens is 1. The molecule has 1 aromatic carbocycles. The molecule has 25 heavy (non-hydrogen) atoms. The average molecular weight is 353 g/mol. The number of likely N-dealkylation sites (tertiary alicyclic amines) is 1. The molecule has 3 heterocycles. The Kier molecular flexibility index (Phi) is 3.54. The van der Waals surface area contributed by atoms with E-state index in [9.17, 15) is 4.39 Å². The summed E-state index contributed by atoms with van der Waals surface area (Å²) in [5.74, 6) is 0.975. The molecule has 0 spiro atoms. The van der Waals surface area contributed by atoms with Gasteiger partial charge in [-0.1, -0.05) is 12.1 Å². The lowest BCUT2D eigenvalue weighted by Crippen LogP contribution is -2.21. The minimum absolute atomic E-state index is 0.197. The molecular formula is C20H20FN3S. The van der Waals surface area contributed by atoms with Gasteiger partial charge < -0.3 is 0 Å². The van der Waals surface area contributed by atoms with Crippen molar-refractivity contribution < 1.29 is 4.39 Å². The van der Waals surface area contributed by atoms with E-state index >= 15 is 0 Å². The molecule has 2 aliphatic rings. The van der Waals surface area contributed by atoms with Crippen LogP contribution in [0.3, 0.4) is 0 Å². The first kappa shape index (κ1) is 15.3. The van der Waals surface area contributed by atoms with E-state index in [4.69, 9.17) is 5.10 Å². The van der Waals surface area contributed by atoms with Crippen LogP contribution >= 0.6 is 11.3 Å². The van der Waals surface area contributed by atoms with Crippen molar-refractivity contribution in [1.82, 2.24) is 14.7 Å². The molecule has 1 aliphatic heterocycles. The Balaban J connectivity index is 1.47. The highest BCUT2D eigenvalue weighted by molar-refractivity contribution is 7.07. The zero-order valence-electron chi connectivity index (χ0n) is 14.2. The molecule has 2 atom stereocenters. The lowest BCUT2D eigenvalue weighted by atomic mass is 9.94. The smallest absolute Gasteiger partial charge is 0.123 e. The Bertz CT molecular complexity index is 915. The molecule has 1 saturated heterocycles. The normalized spacial score (nSPS) is 22.3. The third kappa shape index (κ3) is 2.53. The Morgan fingerprint density at radius 1 is 1.28 bits per heavy atom. The van der Waals surface area contributed by atoms with Crippen molar-refractivity contribution >= 4 is 11.3 Å². The number of nitrogens with zero attached hydrogens (tertiary/aromatic N) is 3. The van der Waals surface area contributed by atoms with Gasteiger partial charge in [-0.15, -0.1) is 0 Å². The van der Waals surface area contributed by atoms with Crippen molar-refractivity contribution in [1.29, 1.82) is 0 Å². The number of thiophene rings is 1. The zero-order valence-corrected chi connectivity index (χ0v) is 15.0. The van der Waals surface area contributed by atoms with E-state index in [1.807, 2.05) is 17.8 Å². The van der Waals surface area contributed by atoms with E-state index in [1.165, 1.54) is 22.9 Å². The number of hydrogen-bond donors (Lipinski definition) is 0. The summed E-state index contributed by atoms with van der Waals surface area (Å²) in [5.41, 5.74) is 5.97. The first-order valence-corrected chi connectivity index (χ1v) is 9.68. The molecule has 5 heteroatoms. The molecule has 5 rings (SSSR count). The second kappa shape index (κ2) is 5.78. The fraction of sp³-hybridized carbons (Fsp3) is 0.350. The monoisotopic (exact) mass is 353 g/mol. The van der Waals surface area contributed by atoms with Crippen molar-refractivity contribution in [2.24, 2.45) is 13.0 Å². The third-order valence-corrected chi connectivity index (χ3v) is 6.37. The van der Waals surface area contributed by atoms with Crippen LogP contribution in [0.1, 0.15) is 22.7 Å². The second-order valence-electron chi connectivity index (χ2n) is 7.24. The number of fused-ring (bicyclic) bond motifs is 3. The molecule has 0 N–H and O–H groups in total. The van der Waals surface area contributed by atoms with Crippen LogP contribution in [0, 0.1) is 11.7 Å². The van der Waals surface area contributed by atoms with Crippen LogP contribution in [-0.2, 0) is 20.0 Å². The van der Waals surface area contributed by atoms with Crippen molar-refractivity contribution in [2.45, 2.75) is 18.9 Å². The minimum atomic E-state index is -0.197. The number of benzene rings is 1. The molecule has 1 aliphatic carbocycles. The molecule has 0 unspecified atom stereocenters. The Morgan fingerprint density at radius 2 is 2.20 bits per heavy atom. The summed E-state index contributed by atoms with van der Waals surface area (Å²) in [7, 11) is 2.02. The van der Waals surface area contributed by atoms with Gasteiger partial charge in [0, 0.05) is 49.4 Å². The van der Waals surface area contributed by atoms with Crippen molar-refractivity contribution in [3.63, 3.8) is 0 Å². The van der Waals surface area contributed by atoms with Gasteiger partial charge in [0.25, 0.3) is 0 Å². The number of hydrogen-bond acceptors (Lipinski definition) is 3. The summed E-state index contributed by atoms with van der Waals surface area (Å²) >= 11 is 1.76. The summed E-state index contributed by atoms with van der Waals surface area (Å²) in [6.07, 6.45) is 1.08. The summed E-state index contributed by atoms with van der Waals surface area (Å²) in [6.45, 7) is 3.24. The molecular weight excluding hydrogens is 333 g/mol. The molecule has 2 aromatic heterocycles. The van der Waals surface area contributed by atoms with Gasteiger partial charge >= 0.3 is 0 Å². The standard InChI is InChI=1S/C20H20FN3S/c1-23-18-8-15-10-24(9-13-5-6-25-12-13)11-17(15)19(18)20(22-23)14-3-2-4-16(21)7-14/h2-7,12,15,17H,8-11H2,1H3/t15-,17+/m0/s1. The highest BCUT2D eigenvalue weighted by Gasteiger charge is 2.43. The van der Waals surface area contributed by atoms with Gasteiger partial charge in [-0.25, -0.2) is 4.39 Å². The Morgan fingerprint density at radius 3 is 3.00 bits per heavy atom. The van der Waals surface area contributed by atoms with E-state index in [0.29, 0.717) is 11.8 Å². The zero-order chi connectivity index (χ0) is 17.0. The highest BCUT2D eigenvalue weighted by Crippen LogP contribution is 2.47. The van der Waals surface area contributed by atoms with E-state index in [1.54, 1.807) is 23.5 Å². The maximum atomic E-state index is 13.7. The largest absolute Gasteiger partial charge is 0.298 e. The van der Waals surface area contributed by atoms with Crippen molar-refractivity contribution in [3.05, 3.63) is 63.7 Å². The lowest BCUT2D eigenvalue weighted by Gasteiger charge is -2.16. The molecule has 0 radical (unpaired) electrons. The van der Waals surface area contributed by atoms with Crippen LogP contribution in [0.5, 0.6) is 0 Å². The number of aromatic nitrogens is 2. The molecule has 0 bridgehead atoms. The van der Waals surface area contributed by atoms with Gasteiger partial charge in [0.05, 0.1) is 5.69 Å². The van der Waals surface area contributed by atoms with E-state index in [-0.39, 0.29) is 5.82 Å². The molecule has 3 nitrogen and oxygen atoms in total. The Labute approximate surface area is 150 Å². The number of aryl methyl sites for hydroxylation is 1. The van der Waals surface area contributed by atoms with Crippen LogP contribution in [0.15, 0.2) is 41.1 Å². The maximum absolute atomic E-state index is 13.7. The van der Waals surface area contributed by atoms with Crippen molar-refractivity contribution in [3.8, 4) is 11.3 Å². The predicted molar refractivity (Wildman–Crippen MR) is 98.1 cm³/mol. The third-order valence-electron chi connectivity index (χ3n) is 5.63. The lowest BCUT2D eigenvalue weighted by molar-refractivity contribution is 0.313. The van der Waals surface area contributed by atoms with Gasteiger partial charge in [-0.05, 0) is 46.9 Å². The van der Waals surface area contributed by atoms with Gasteiger partial charge in [0.2, 0.25) is 0 Å². The Hall–Kier alpha value is -1.98. The van der Waals surface area contributed by atoms with Gasteiger partial charge in [0.15, 0.2) is 0 Å². The van der Waals surface area contributed by atoms with E-state index in [2.05, 4.69) is 21.7 Å². The predicted octanol–water partition coefficient (Wildman–Crippen LogP) is 4.06. The first-order valence-electron chi connectivity index (χ1n) is 8.74. The minimum Gasteiger partial charge on any atom is -0.298 e. The fourth-order valence-electron chi connectivity index (χ4n) is 4.57. The van der Waals surface area contributed by atoms with Crippen LogP contribution in [-0.4, -0.2) is 27.8 Å². The summed E-state index contributed by atoms with van der Waals surface area (Å²) in [6, 6.07) is 9.06. The van der Waals surface area contributed by atoms with Crippen LogP contribution < -0.4 is 0 Å². The van der Waals surface area contributed by atoms with Crippen LogP contribution in [0.25, 0.3) is 11.3 Å². The molecule has 128 valence electrons. The summed E-state index contributed by atoms with van der Waals surface area (Å²) in [4.78, 5) is 2.56. The van der Waals surface area contributed by atoms with Crippen LogP contribution in [0.4, 0.5) is 4.39 Å². The van der Waals surface area contributed by atoms with Crippen LogP contribution in [0.2, 0.25) is 0 Å². The molecule has 1 fully saturated rings. The summed E-state index contributed by atoms with van der Waals surface area (Å²) in [5, 5.41) is 9.12. The first-order chi connectivity index (χ1) is 12.2. The van der Waals surface area contributed by atoms with Gasteiger partial charge in [0.1, 0.15) is 5.82 Å². The highest BCUT2D eigenvalue weighted by atomic mass is 32.1. The molecule has 3 aromatic rings. The molecule has 0 saturated carbocycles. The van der Waals surface area contributed by atoms with Gasteiger partial charge in [-0.2, -0.15) is 16.4 Å². The average Bonchev–Trinajstić information content (AvgIpc) is 3.32. The quantitative estimate of drug-likeness (QED) is 0.708. The van der Waals surface area contributed by atoms with Crippen molar-refractivity contribution in [2.75, 3.05) is 13.1 Å². The van der Waals surface area contributed by atoms with E-state index < -0.39 is 0 Å². The SMILES string of the molecule is Cn1nc(-c2cccc(F)c2)c2c1C[C@H]1CN(Cc3ccsc3)C[C@@H]21. The molecule has 0 amide bonds. The van der Waals surface area contributed by atoms with E-state index in [0.717, 1.165) is 37.3 Å². The summed E-state index contributed by atoms with van der Waals surface area (Å²) < 4.78 is 15.7. The second-order valence-corrected chi connectivity index (χ2v) is 8.02. The maximum Gasteiger partial charge on any atom is 0.123 e. The topological polar surface area (TPSA) is 21.1 Å². The fourth-order valence-corrected chi connectivity index (χ4v) is 5.23. The number of rotatable bonds is 3.